The molecule has 0 aliphatic rings. The van der Waals surface area contributed by atoms with Gasteiger partial charge in [0.15, 0.2) is 11.5 Å². The van der Waals surface area contributed by atoms with Crippen LogP contribution >= 0.6 is 0 Å². The van der Waals surface area contributed by atoms with E-state index >= 15 is 0 Å². The number of amides is 1. The number of benzene rings is 2. The average molecular weight is 540 g/mol. The van der Waals surface area contributed by atoms with Crippen molar-refractivity contribution in [3.05, 3.63) is 58.1 Å². The molecular weight excluding hydrogens is 506 g/mol. The molecule has 2 aromatic carbocycles. The number of rotatable bonds is 17. The second-order valence-corrected chi connectivity index (χ2v) is 9.61. The van der Waals surface area contributed by atoms with Gasteiger partial charge in [0, 0.05) is 19.0 Å². The Balaban J connectivity index is 1.93. The van der Waals surface area contributed by atoms with Crippen LogP contribution in [0.15, 0.2) is 47.4 Å². The summed E-state index contributed by atoms with van der Waals surface area (Å²) in [6.07, 6.45) is 0.241. The van der Waals surface area contributed by atoms with E-state index in [0.29, 0.717) is 37.7 Å². The van der Waals surface area contributed by atoms with Crippen molar-refractivity contribution in [1.82, 2.24) is 10.0 Å². The number of carbonyl (C=O) groups is 1. The Hall–Kier alpha value is -3.58. The van der Waals surface area contributed by atoms with Gasteiger partial charge in [0.25, 0.3) is 15.1 Å². The normalized spacial score (nSPS) is 11.9. The summed E-state index contributed by atoms with van der Waals surface area (Å²) < 4.78 is 44.2. The summed E-state index contributed by atoms with van der Waals surface area (Å²) in [5.41, 5.74) is 0.718. The molecule has 1 amide bonds. The van der Waals surface area contributed by atoms with Crippen LogP contribution in [-0.2, 0) is 26.1 Å². The van der Waals surface area contributed by atoms with E-state index in [0.717, 1.165) is 5.56 Å². The summed E-state index contributed by atoms with van der Waals surface area (Å²) in [7, 11) is -2.89. The van der Waals surface area contributed by atoms with Crippen LogP contribution in [0.4, 0.5) is 0 Å². The van der Waals surface area contributed by atoms with Crippen molar-refractivity contribution in [2.75, 3.05) is 33.5 Å². The van der Waals surface area contributed by atoms with Crippen molar-refractivity contribution in [2.45, 2.75) is 44.0 Å². The van der Waals surface area contributed by atoms with Crippen molar-refractivity contribution in [3.63, 3.8) is 0 Å². The molecule has 0 fully saturated rings. The van der Waals surface area contributed by atoms with Crippen LogP contribution in [0.3, 0.4) is 0 Å². The highest BCUT2D eigenvalue weighted by atomic mass is 32.2. The van der Waals surface area contributed by atoms with Gasteiger partial charge >= 0.3 is 0 Å². The molecule has 2 aromatic rings. The summed E-state index contributed by atoms with van der Waals surface area (Å²) in [6, 6.07) is 12.2. The zero-order valence-corrected chi connectivity index (χ0v) is 21.9. The van der Waals surface area contributed by atoms with E-state index in [9.17, 15) is 23.3 Å². The SMILES string of the molecule is CCOc1ccccc1OCCNC(C)Cc1ccc(OC)c(S(=O)(=O)NC(=O)CCCO[N+](=O)[O-])c1. The Morgan fingerprint density at radius 1 is 1.08 bits per heavy atom. The first-order valence-electron chi connectivity index (χ1n) is 11.7. The van der Waals surface area contributed by atoms with Gasteiger partial charge in [-0.1, -0.05) is 18.2 Å². The van der Waals surface area contributed by atoms with Gasteiger partial charge in [-0.2, -0.15) is 0 Å². The fourth-order valence-corrected chi connectivity index (χ4v) is 4.66. The first-order chi connectivity index (χ1) is 17.7. The molecule has 1 atom stereocenters. The molecule has 0 radical (unpaired) electrons. The van der Waals surface area contributed by atoms with Crippen molar-refractivity contribution < 1.29 is 37.3 Å². The molecule has 0 bridgehead atoms. The summed E-state index contributed by atoms with van der Waals surface area (Å²) in [6.45, 7) is 5.06. The lowest BCUT2D eigenvalue weighted by Gasteiger charge is -2.17. The molecule has 12 nitrogen and oxygen atoms in total. The van der Waals surface area contributed by atoms with Gasteiger partial charge in [0.05, 0.1) is 20.3 Å². The van der Waals surface area contributed by atoms with E-state index in [4.69, 9.17) is 14.2 Å². The van der Waals surface area contributed by atoms with Crippen LogP contribution in [0.1, 0.15) is 32.3 Å². The summed E-state index contributed by atoms with van der Waals surface area (Å²) in [4.78, 5) is 26.2. The zero-order valence-electron chi connectivity index (χ0n) is 21.1. The molecule has 13 heteroatoms. The second-order valence-electron chi connectivity index (χ2n) is 7.96. The van der Waals surface area contributed by atoms with Gasteiger partial charge in [-0.25, -0.2) is 13.1 Å². The maximum Gasteiger partial charge on any atom is 0.294 e. The van der Waals surface area contributed by atoms with Crippen LogP contribution in [0, 0.1) is 10.1 Å². The Kier molecular flexibility index (Phi) is 11.9. The summed E-state index contributed by atoms with van der Waals surface area (Å²) >= 11 is 0. The number of para-hydroxylation sites is 2. The van der Waals surface area contributed by atoms with E-state index in [-0.39, 0.29) is 36.1 Å². The monoisotopic (exact) mass is 539 g/mol. The van der Waals surface area contributed by atoms with Crippen molar-refractivity contribution >= 4 is 15.9 Å². The fraction of sp³-hybridized carbons (Fsp3) is 0.458. The third-order valence-electron chi connectivity index (χ3n) is 5.05. The Labute approximate surface area is 216 Å². The minimum atomic E-state index is -4.23. The highest BCUT2D eigenvalue weighted by Gasteiger charge is 2.23. The smallest absolute Gasteiger partial charge is 0.294 e. The van der Waals surface area contributed by atoms with Crippen molar-refractivity contribution in [1.29, 1.82) is 0 Å². The maximum absolute atomic E-state index is 12.8. The van der Waals surface area contributed by atoms with E-state index < -0.39 is 21.0 Å². The molecule has 0 spiro atoms. The lowest BCUT2D eigenvalue weighted by Crippen LogP contribution is -2.32. The number of hydrogen-bond acceptors (Lipinski definition) is 10. The van der Waals surface area contributed by atoms with E-state index in [2.05, 4.69) is 10.2 Å². The van der Waals surface area contributed by atoms with Gasteiger partial charge < -0.3 is 24.4 Å². The van der Waals surface area contributed by atoms with Crippen LogP contribution in [0.2, 0.25) is 0 Å². The van der Waals surface area contributed by atoms with Crippen molar-refractivity contribution in [2.24, 2.45) is 0 Å². The third-order valence-corrected chi connectivity index (χ3v) is 6.45. The molecule has 2 rings (SSSR count). The molecule has 37 heavy (non-hydrogen) atoms. The van der Waals surface area contributed by atoms with Gasteiger partial charge in [0.1, 0.15) is 17.3 Å². The molecule has 1 unspecified atom stereocenters. The lowest BCUT2D eigenvalue weighted by atomic mass is 10.1. The molecule has 0 aliphatic heterocycles. The van der Waals surface area contributed by atoms with Crippen LogP contribution < -0.4 is 24.2 Å². The number of nitrogens with one attached hydrogen (secondary N) is 2. The standard InChI is InChI=1S/C24H33N3O9S/c1-4-34-20-8-5-6-9-21(20)35-15-13-25-18(2)16-19-11-12-22(33-3)23(17-19)37(31,32)26-24(28)10-7-14-36-27(29)30/h5-6,8-9,11-12,17-18,25H,4,7,10,13-16H2,1-3H3,(H,26,28). The quantitative estimate of drug-likeness (QED) is 0.174. The van der Waals surface area contributed by atoms with E-state index in [1.165, 1.54) is 19.2 Å². The predicted molar refractivity (Wildman–Crippen MR) is 135 cm³/mol. The van der Waals surface area contributed by atoms with Crippen LogP contribution in [0.25, 0.3) is 0 Å². The summed E-state index contributed by atoms with van der Waals surface area (Å²) in [5.74, 6) is 0.626. The van der Waals surface area contributed by atoms with Crippen molar-refractivity contribution in [3.8, 4) is 17.2 Å². The maximum atomic E-state index is 12.8. The zero-order chi connectivity index (χ0) is 27.3. The molecule has 0 saturated carbocycles. The third kappa shape index (κ3) is 10.1. The number of sulfonamides is 1. The first-order valence-corrected chi connectivity index (χ1v) is 13.2. The van der Waals surface area contributed by atoms with Crippen LogP contribution in [-0.4, -0.2) is 58.9 Å². The Morgan fingerprint density at radius 2 is 1.78 bits per heavy atom. The molecule has 0 aliphatic carbocycles. The average Bonchev–Trinajstić information content (AvgIpc) is 2.85. The minimum absolute atomic E-state index is 0.00845. The van der Waals surface area contributed by atoms with Gasteiger partial charge in [-0.05, 0) is 56.5 Å². The molecular formula is C24H33N3O9S. The number of ether oxygens (including phenoxy) is 3. The molecule has 2 N–H and O–H groups in total. The largest absolute Gasteiger partial charge is 0.495 e. The lowest BCUT2D eigenvalue weighted by molar-refractivity contribution is -0.757. The highest BCUT2D eigenvalue weighted by molar-refractivity contribution is 7.90. The minimum Gasteiger partial charge on any atom is -0.495 e. The molecule has 0 heterocycles. The number of methoxy groups -OCH3 is 1. The molecule has 204 valence electrons. The molecule has 0 aromatic heterocycles. The number of hydrogen-bond donors (Lipinski definition) is 2. The Bertz CT molecular complexity index is 1140. The molecule has 0 saturated heterocycles. The summed E-state index contributed by atoms with van der Waals surface area (Å²) in [5, 5.41) is 12.5. The van der Waals surface area contributed by atoms with Gasteiger partial charge in [0.2, 0.25) is 5.91 Å². The Morgan fingerprint density at radius 3 is 2.43 bits per heavy atom. The second kappa shape index (κ2) is 14.9. The topological polar surface area (TPSA) is 155 Å². The first kappa shape index (κ1) is 29.6. The predicted octanol–water partition coefficient (Wildman–Crippen LogP) is 2.49. The van der Waals surface area contributed by atoms with E-state index in [1.54, 1.807) is 6.07 Å². The van der Waals surface area contributed by atoms with Crippen LogP contribution in [0.5, 0.6) is 17.2 Å². The highest BCUT2D eigenvalue weighted by Crippen LogP contribution is 2.27. The fourth-order valence-electron chi connectivity index (χ4n) is 3.42. The van der Waals surface area contributed by atoms with E-state index in [1.807, 2.05) is 42.8 Å². The number of carbonyl (C=O) groups excluding carboxylic acids is 1. The van der Waals surface area contributed by atoms with Gasteiger partial charge in [-0.15, -0.1) is 10.1 Å². The number of nitrogens with zero attached hydrogens (tertiary/aromatic N) is 1. The van der Waals surface area contributed by atoms with Gasteiger partial charge in [-0.3, -0.25) is 4.79 Å².